The van der Waals surface area contributed by atoms with E-state index in [0.717, 1.165) is 42.3 Å². The molecule has 0 unspecified atom stereocenters. The van der Waals surface area contributed by atoms with Gasteiger partial charge in [-0.05, 0) is 31.0 Å². The second-order valence-electron chi connectivity index (χ2n) is 7.83. The highest BCUT2D eigenvalue weighted by Gasteiger charge is 2.26. The number of likely N-dealkylation sites (tertiary alicyclic amines) is 1. The van der Waals surface area contributed by atoms with Crippen LogP contribution in [0.15, 0.2) is 30.5 Å². The number of nitrogens with two attached hydrogens (primary N) is 1. The second kappa shape index (κ2) is 8.12. The highest BCUT2D eigenvalue weighted by Crippen LogP contribution is 2.29. The van der Waals surface area contributed by atoms with E-state index in [1.165, 1.54) is 12.8 Å². The summed E-state index contributed by atoms with van der Waals surface area (Å²) in [4.78, 5) is 25.6. The summed E-state index contributed by atoms with van der Waals surface area (Å²) < 4.78 is 8.09. The zero-order chi connectivity index (χ0) is 19.5. The third-order valence-electron chi connectivity index (χ3n) is 5.81. The van der Waals surface area contributed by atoms with Crippen LogP contribution in [-0.4, -0.2) is 46.6 Å². The molecule has 28 heavy (non-hydrogen) atoms. The van der Waals surface area contributed by atoms with Crippen molar-refractivity contribution in [1.82, 2.24) is 14.8 Å². The maximum absolute atomic E-state index is 12.4. The van der Waals surface area contributed by atoms with E-state index in [1.54, 1.807) is 0 Å². The molecule has 2 heterocycles. The predicted octanol–water partition coefficient (Wildman–Crippen LogP) is 2.62. The van der Waals surface area contributed by atoms with Gasteiger partial charge in [0.1, 0.15) is 18.4 Å². The molecular formula is C21H28N4O3. The van der Waals surface area contributed by atoms with E-state index < -0.39 is 0 Å². The summed E-state index contributed by atoms with van der Waals surface area (Å²) in [5.41, 5.74) is 6.26. The van der Waals surface area contributed by atoms with Gasteiger partial charge in [-0.3, -0.25) is 4.79 Å². The fourth-order valence-corrected chi connectivity index (χ4v) is 4.30. The maximum atomic E-state index is 12.4. The van der Waals surface area contributed by atoms with Crippen LogP contribution in [0.3, 0.4) is 0 Å². The van der Waals surface area contributed by atoms with E-state index in [1.807, 2.05) is 39.9 Å². The molecule has 1 saturated carbocycles. The molecule has 150 valence electrons. The van der Waals surface area contributed by atoms with Gasteiger partial charge in [-0.15, -0.1) is 0 Å². The Labute approximate surface area is 164 Å². The molecular weight excluding hydrogens is 356 g/mol. The highest BCUT2D eigenvalue weighted by atomic mass is 16.5. The number of carbonyl (C=O) groups excluding carboxylic acids is 2. The van der Waals surface area contributed by atoms with E-state index >= 15 is 0 Å². The second-order valence-corrected chi connectivity index (χ2v) is 7.83. The molecule has 7 heteroatoms. The monoisotopic (exact) mass is 384 g/mol. The first-order valence-corrected chi connectivity index (χ1v) is 10.2. The number of hydrogen-bond donors (Lipinski definition) is 2. The Hall–Kier alpha value is -2.70. The zero-order valence-corrected chi connectivity index (χ0v) is 16.1. The van der Waals surface area contributed by atoms with Gasteiger partial charge in [-0.25, -0.2) is 4.79 Å². The van der Waals surface area contributed by atoms with Crippen LogP contribution in [0.25, 0.3) is 10.9 Å². The standard InChI is InChI=1S/C21H28N4O3/c22-20(26)14-25-13-10-17-18(25)6-3-7-19(17)28-16-8-11-24(12-9-16)21(27)23-15-4-1-2-5-15/h3,6-7,10,13,15-16H,1-2,4-5,8-9,11-12,14H2,(H2,22,26)(H,23,27). The topological polar surface area (TPSA) is 89.6 Å². The Morgan fingerprint density at radius 1 is 1.11 bits per heavy atom. The minimum absolute atomic E-state index is 0.0657. The van der Waals surface area contributed by atoms with Crippen LogP contribution in [0.2, 0.25) is 0 Å². The lowest BCUT2D eigenvalue weighted by molar-refractivity contribution is -0.118. The van der Waals surface area contributed by atoms with Gasteiger partial charge in [0.25, 0.3) is 0 Å². The van der Waals surface area contributed by atoms with Crippen LogP contribution in [0, 0.1) is 0 Å². The van der Waals surface area contributed by atoms with E-state index in [-0.39, 0.29) is 24.6 Å². The fraction of sp³-hybridized carbons (Fsp3) is 0.524. The Bertz CT molecular complexity index is 848. The molecule has 4 rings (SSSR count). The lowest BCUT2D eigenvalue weighted by atomic mass is 10.1. The van der Waals surface area contributed by atoms with Crippen molar-refractivity contribution in [2.45, 2.75) is 57.2 Å². The van der Waals surface area contributed by atoms with Gasteiger partial charge >= 0.3 is 6.03 Å². The van der Waals surface area contributed by atoms with Crippen molar-refractivity contribution in [3.8, 4) is 5.75 Å². The zero-order valence-electron chi connectivity index (χ0n) is 16.1. The normalized spacial score (nSPS) is 18.5. The van der Waals surface area contributed by atoms with Crippen LogP contribution in [0.1, 0.15) is 38.5 Å². The van der Waals surface area contributed by atoms with Crippen molar-refractivity contribution >= 4 is 22.8 Å². The molecule has 1 aromatic carbocycles. The molecule has 2 fully saturated rings. The van der Waals surface area contributed by atoms with Crippen LogP contribution in [0.5, 0.6) is 5.75 Å². The van der Waals surface area contributed by atoms with Crippen LogP contribution in [-0.2, 0) is 11.3 Å². The summed E-state index contributed by atoms with van der Waals surface area (Å²) in [6, 6.07) is 8.22. The number of ether oxygens (including phenoxy) is 1. The van der Waals surface area contributed by atoms with Crippen molar-refractivity contribution in [1.29, 1.82) is 0 Å². The number of primary amides is 1. The quantitative estimate of drug-likeness (QED) is 0.830. The average molecular weight is 384 g/mol. The summed E-state index contributed by atoms with van der Waals surface area (Å²) in [5.74, 6) is 0.446. The summed E-state index contributed by atoms with van der Waals surface area (Å²) in [6.45, 7) is 1.57. The highest BCUT2D eigenvalue weighted by molar-refractivity contribution is 5.88. The molecule has 1 saturated heterocycles. The number of urea groups is 1. The van der Waals surface area contributed by atoms with E-state index in [2.05, 4.69) is 5.32 Å². The van der Waals surface area contributed by atoms with Crippen LogP contribution >= 0.6 is 0 Å². The van der Waals surface area contributed by atoms with Crippen molar-refractivity contribution in [2.75, 3.05) is 13.1 Å². The Kier molecular flexibility index (Phi) is 5.41. The molecule has 3 N–H and O–H groups in total. The van der Waals surface area contributed by atoms with Crippen molar-refractivity contribution < 1.29 is 14.3 Å². The number of fused-ring (bicyclic) bond motifs is 1. The molecule has 0 radical (unpaired) electrons. The number of nitrogens with one attached hydrogen (secondary N) is 1. The molecule has 0 spiro atoms. The molecule has 1 aliphatic carbocycles. The number of aromatic nitrogens is 1. The summed E-state index contributed by atoms with van der Waals surface area (Å²) in [5, 5.41) is 4.14. The Balaban J connectivity index is 1.35. The first-order chi connectivity index (χ1) is 13.6. The van der Waals surface area contributed by atoms with Gasteiger partial charge in [0.05, 0.1) is 5.52 Å². The largest absolute Gasteiger partial charge is 0.490 e. The Morgan fingerprint density at radius 3 is 2.57 bits per heavy atom. The maximum Gasteiger partial charge on any atom is 0.317 e. The molecule has 0 bridgehead atoms. The lowest BCUT2D eigenvalue weighted by Crippen LogP contribution is -2.48. The molecule has 1 aromatic heterocycles. The number of carbonyl (C=O) groups is 2. The third-order valence-corrected chi connectivity index (χ3v) is 5.81. The van der Waals surface area contributed by atoms with E-state index in [9.17, 15) is 9.59 Å². The number of nitrogens with zero attached hydrogens (tertiary/aromatic N) is 2. The third kappa shape index (κ3) is 4.08. The number of rotatable bonds is 5. The number of amides is 3. The van der Waals surface area contributed by atoms with Gasteiger partial charge in [-0.1, -0.05) is 18.9 Å². The first kappa shape index (κ1) is 18.7. The molecule has 2 aromatic rings. The van der Waals surface area contributed by atoms with Crippen LogP contribution < -0.4 is 15.8 Å². The minimum atomic E-state index is -0.368. The van der Waals surface area contributed by atoms with Gasteiger partial charge in [0.2, 0.25) is 5.91 Å². The summed E-state index contributed by atoms with van der Waals surface area (Å²) >= 11 is 0. The SMILES string of the molecule is NC(=O)Cn1ccc2c(OC3CCN(C(=O)NC4CCCC4)CC3)cccc21. The van der Waals surface area contributed by atoms with Crippen molar-refractivity contribution in [3.63, 3.8) is 0 Å². The van der Waals surface area contributed by atoms with Gasteiger partial charge in [0, 0.05) is 43.6 Å². The number of benzene rings is 1. The Morgan fingerprint density at radius 2 is 1.86 bits per heavy atom. The number of piperidine rings is 1. The van der Waals surface area contributed by atoms with E-state index in [0.29, 0.717) is 19.1 Å². The molecule has 2 aliphatic rings. The smallest absolute Gasteiger partial charge is 0.317 e. The fourth-order valence-electron chi connectivity index (χ4n) is 4.30. The predicted molar refractivity (Wildman–Crippen MR) is 107 cm³/mol. The first-order valence-electron chi connectivity index (χ1n) is 10.2. The van der Waals surface area contributed by atoms with Gasteiger partial charge in [0.15, 0.2) is 0 Å². The number of hydrogen-bond acceptors (Lipinski definition) is 3. The van der Waals surface area contributed by atoms with Gasteiger partial charge in [-0.2, -0.15) is 0 Å². The molecule has 1 aliphatic heterocycles. The van der Waals surface area contributed by atoms with Crippen molar-refractivity contribution in [2.24, 2.45) is 5.73 Å². The average Bonchev–Trinajstić information content (AvgIpc) is 3.33. The summed E-state index contributed by atoms with van der Waals surface area (Å²) in [6.07, 6.45) is 8.21. The molecule has 0 atom stereocenters. The minimum Gasteiger partial charge on any atom is -0.490 e. The van der Waals surface area contributed by atoms with Crippen LogP contribution in [0.4, 0.5) is 4.79 Å². The summed E-state index contributed by atoms with van der Waals surface area (Å²) in [7, 11) is 0. The van der Waals surface area contributed by atoms with E-state index in [4.69, 9.17) is 10.5 Å². The molecule has 7 nitrogen and oxygen atoms in total. The van der Waals surface area contributed by atoms with Gasteiger partial charge < -0.3 is 25.3 Å². The van der Waals surface area contributed by atoms with Crippen molar-refractivity contribution in [3.05, 3.63) is 30.5 Å². The lowest BCUT2D eigenvalue weighted by Gasteiger charge is -2.33. The molecule has 3 amide bonds.